The van der Waals surface area contributed by atoms with Gasteiger partial charge >= 0.3 is 0 Å². The summed E-state index contributed by atoms with van der Waals surface area (Å²) in [5.74, 6) is -0.0246. The average molecular weight is 221 g/mol. The van der Waals surface area contributed by atoms with Gasteiger partial charge in [-0.15, -0.1) is 0 Å². The van der Waals surface area contributed by atoms with Crippen LogP contribution in [0, 0.1) is 6.92 Å². The minimum Gasteiger partial charge on any atom is -0.338 e. The molecule has 0 aliphatic rings. The van der Waals surface area contributed by atoms with E-state index in [1.807, 2.05) is 18.7 Å². The molecule has 0 aliphatic heterocycles. The van der Waals surface area contributed by atoms with Crippen molar-refractivity contribution >= 4 is 5.91 Å². The number of aryl methyl sites for hydroxylation is 1. The Bertz CT molecular complexity index is 335. The Labute approximate surface area is 96.7 Å². The van der Waals surface area contributed by atoms with Crippen molar-refractivity contribution in [1.29, 1.82) is 0 Å². The van der Waals surface area contributed by atoms with Gasteiger partial charge in [-0.3, -0.25) is 9.78 Å². The van der Waals surface area contributed by atoms with Crippen LogP contribution in [-0.2, 0) is 0 Å². The molecule has 1 amide bonds. The van der Waals surface area contributed by atoms with Crippen molar-refractivity contribution in [3.63, 3.8) is 0 Å². The Morgan fingerprint density at radius 3 is 2.56 bits per heavy atom. The van der Waals surface area contributed by atoms with E-state index in [2.05, 4.69) is 16.9 Å². The molecule has 4 heteroatoms. The van der Waals surface area contributed by atoms with Gasteiger partial charge in [0.15, 0.2) is 0 Å². The Hall–Kier alpha value is -1.45. The number of aromatic nitrogens is 2. The molecule has 0 unspecified atom stereocenters. The Kier molecular flexibility index (Phi) is 4.89. The van der Waals surface area contributed by atoms with Crippen molar-refractivity contribution in [2.75, 3.05) is 13.1 Å². The summed E-state index contributed by atoms with van der Waals surface area (Å²) in [6.07, 6.45) is 5.29. The van der Waals surface area contributed by atoms with Crippen molar-refractivity contribution in [3.05, 3.63) is 23.8 Å². The minimum atomic E-state index is -0.0246. The van der Waals surface area contributed by atoms with Crippen molar-refractivity contribution in [2.24, 2.45) is 0 Å². The number of carbonyl (C=O) groups excluding carboxylic acids is 1. The first-order valence-electron chi connectivity index (χ1n) is 5.77. The molecule has 0 fully saturated rings. The number of rotatable bonds is 5. The fourth-order valence-electron chi connectivity index (χ4n) is 1.42. The summed E-state index contributed by atoms with van der Waals surface area (Å²) < 4.78 is 0. The normalized spacial score (nSPS) is 10.2. The van der Waals surface area contributed by atoms with Crippen molar-refractivity contribution in [1.82, 2.24) is 14.9 Å². The van der Waals surface area contributed by atoms with Gasteiger partial charge in [-0.05, 0) is 20.3 Å². The van der Waals surface area contributed by atoms with E-state index >= 15 is 0 Å². The van der Waals surface area contributed by atoms with Crippen LogP contribution in [0.4, 0.5) is 0 Å². The van der Waals surface area contributed by atoms with Gasteiger partial charge in [0.1, 0.15) is 5.69 Å². The van der Waals surface area contributed by atoms with Crippen LogP contribution in [0.1, 0.15) is 42.9 Å². The van der Waals surface area contributed by atoms with Crippen LogP contribution in [0.15, 0.2) is 12.4 Å². The molecule has 0 radical (unpaired) electrons. The number of hydrogen-bond donors (Lipinski definition) is 0. The zero-order valence-electron chi connectivity index (χ0n) is 10.2. The lowest BCUT2D eigenvalue weighted by Crippen LogP contribution is -2.32. The van der Waals surface area contributed by atoms with E-state index in [-0.39, 0.29) is 5.91 Å². The molecule has 0 saturated heterocycles. The molecule has 1 heterocycles. The van der Waals surface area contributed by atoms with Gasteiger partial charge in [0.25, 0.3) is 5.91 Å². The third-order valence-electron chi connectivity index (χ3n) is 2.45. The van der Waals surface area contributed by atoms with Crippen molar-refractivity contribution in [3.8, 4) is 0 Å². The van der Waals surface area contributed by atoms with Crippen LogP contribution in [0.5, 0.6) is 0 Å². The van der Waals surface area contributed by atoms with E-state index in [9.17, 15) is 4.79 Å². The molecule has 1 aromatic heterocycles. The van der Waals surface area contributed by atoms with E-state index in [0.29, 0.717) is 12.2 Å². The zero-order chi connectivity index (χ0) is 12.0. The van der Waals surface area contributed by atoms with Crippen molar-refractivity contribution < 1.29 is 4.79 Å². The summed E-state index contributed by atoms with van der Waals surface area (Å²) >= 11 is 0. The summed E-state index contributed by atoms with van der Waals surface area (Å²) in [6, 6.07) is 0. The monoisotopic (exact) mass is 221 g/mol. The van der Waals surface area contributed by atoms with Crippen LogP contribution in [-0.4, -0.2) is 33.9 Å². The molecular weight excluding hydrogens is 202 g/mol. The molecule has 0 saturated carbocycles. The lowest BCUT2D eigenvalue weighted by molar-refractivity contribution is 0.0756. The second-order valence-electron chi connectivity index (χ2n) is 3.78. The molecular formula is C12H19N3O. The molecule has 0 bridgehead atoms. The third-order valence-corrected chi connectivity index (χ3v) is 2.45. The van der Waals surface area contributed by atoms with Crippen molar-refractivity contribution in [2.45, 2.75) is 33.6 Å². The van der Waals surface area contributed by atoms with E-state index in [1.165, 1.54) is 0 Å². The second kappa shape index (κ2) is 6.20. The maximum atomic E-state index is 12.0. The number of hydrogen-bond acceptors (Lipinski definition) is 3. The molecule has 0 spiro atoms. The zero-order valence-corrected chi connectivity index (χ0v) is 10.2. The predicted octanol–water partition coefficient (Wildman–Crippen LogP) is 2.05. The van der Waals surface area contributed by atoms with Crippen LogP contribution in [0.2, 0.25) is 0 Å². The van der Waals surface area contributed by atoms with Crippen LogP contribution in [0.25, 0.3) is 0 Å². The molecule has 1 rings (SSSR count). The minimum absolute atomic E-state index is 0.0246. The highest BCUT2D eigenvalue weighted by molar-refractivity contribution is 5.91. The Balaban J connectivity index is 2.70. The smallest absolute Gasteiger partial charge is 0.274 e. The van der Waals surface area contributed by atoms with Gasteiger partial charge in [0.05, 0.1) is 11.9 Å². The lowest BCUT2D eigenvalue weighted by atomic mass is 10.3. The van der Waals surface area contributed by atoms with Gasteiger partial charge in [-0.25, -0.2) is 4.98 Å². The van der Waals surface area contributed by atoms with E-state index < -0.39 is 0 Å². The molecule has 16 heavy (non-hydrogen) atoms. The lowest BCUT2D eigenvalue weighted by Gasteiger charge is -2.19. The molecule has 0 atom stereocenters. The molecule has 4 nitrogen and oxygen atoms in total. The largest absolute Gasteiger partial charge is 0.338 e. The molecule has 1 aromatic rings. The van der Waals surface area contributed by atoms with E-state index in [1.54, 1.807) is 12.4 Å². The van der Waals surface area contributed by atoms with Gasteiger partial charge in [-0.2, -0.15) is 0 Å². The maximum absolute atomic E-state index is 12.0. The highest BCUT2D eigenvalue weighted by Crippen LogP contribution is 2.03. The molecule has 88 valence electrons. The van der Waals surface area contributed by atoms with E-state index in [4.69, 9.17) is 0 Å². The quantitative estimate of drug-likeness (QED) is 0.764. The molecule has 0 aromatic carbocycles. The Morgan fingerprint density at radius 1 is 1.31 bits per heavy atom. The first kappa shape index (κ1) is 12.6. The van der Waals surface area contributed by atoms with Crippen LogP contribution in [0.3, 0.4) is 0 Å². The summed E-state index contributed by atoms with van der Waals surface area (Å²) in [7, 11) is 0. The summed E-state index contributed by atoms with van der Waals surface area (Å²) in [6.45, 7) is 7.46. The molecule has 0 aliphatic carbocycles. The van der Waals surface area contributed by atoms with Crippen LogP contribution < -0.4 is 0 Å². The maximum Gasteiger partial charge on any atom is 0.274 e. The summed E-state index contributed by atoms with van der Waals surface area (Å²) in [4.78, 5) is 22.0. The summed E-state index contributed by atoms with van der Waals surface area (Å²) in [5, 5.41) is 0. The highest BCUT2D eigenvalue weighted by atomic mass is 16.2. The van der Waals surface area contributed by atoms with E-state index in [0.717, 1.165) is 25.1 Å². The first-order chi connectivity index (χ1) is 7.69. The number of nitrogens with zero attached hydrogens (tertiary/aromatic N) is 3. The fourth-order valence-corrected chi connectivity index (χ4v) is 1.42. The highest BCUT2D eigenvalue weighted by Gasteiger charge is 2.14. The standard InChI is InChI=1S/C12H19N3O/c1-4-6-7-15(5-2)12(16)11-9-13-10(3)8-14-11/h8-9H,4-7H2,1-3H3. The van der Waals surface area contributed by atoms with Gasteiger partial charge in [0.2, 0.25) is 0 Å². The SMILES string of the molecule is CCCCN(CC)C(=O)c1cnc(C)cn1. The Morgan fingerprint density at radius 2 is 2.06 bits per heavy atom. The average Bonchev–Trinajstić information content (AvgIpc) is 2.30. The third kappa shape index (κ3) is 3.29. The summed E-state index contributed by atoms with van der Waals surface area (Å²) in [5.41, 5.74) is 1.26. The van der Waals surface area contributed by atoms with Gasteiger partial charge in [-0.1, -0.05) is 13.3 Å². The predicted molar refractivity (Wildman–Crippen MR) is 63.3 cm³/mol. The van der Waals surface area contributed by atoms with Crippen LogP contribution >= 0.6 is 0 Å². The van der Waals surface area contributed by atoms with Gasteiger partial charge < -0.3 is 4.90 Å². The molecule has 0 N–H and O–H groups in total. The first-order valence-corrected chi connectivity index (χ1v) is 5.77. The second-order valence-corrected chi connectivity index (χ2v) is 3.78. The topological polar surface area (TPSA) is 46.1 Å². The number of unbranched alkanes of at least 4 members (excludes halogenated alkanes) is 1. The number of amides is 1. The number of carbonyl (C=O) groups is 1. The van der Waals surface area contributed by atoms with Gasteiger partial charge in [0, 0.05) is 19.3 Å². The fraction of sp³-hybridized carbons (Fsp3) is 0.583.